The normalized spacial score (nSPS) is 26.4. The number of nitrogens with zero attached hydrogens (tertiary/aromatic N) is 2. The fourth-order valence-corrected chi connectivity index (χ4v) is 3.78. The molecule has 1 fully saturated rings. The summed E-state index contributed by atoms with van der Waals surface area (Å²) in [6.45, 7) is 8.06. The minimum atomic E-state index is 0.603. The van der Waals surface area contributed by atoms with Gasteiger partial charge in [-0.05, 0) is 56.0 Å². The fourth-order valence-electron chi connectivity index (χ4n) is 3.78. The highest BCUT2D eigenvalue weighted by Crippen LogP contribution is 2.37. The van der Waals surface area contributed by atoms with Gasteiger partial charge in [0.2, 0.25) is 0 Å². The van der Waals surface area contributed by atoms with Crippen LogP contribution in [0.2, 0.25) is 0 Å². The molecule has 0 aliphatic heterocycles. The minimum Gasteiger partial charge on any atom is -0.314 e. The van der Waals surface area contributed by atoms with Crippen LogP contribution in [0.5, 0.6) is 0 Å². The Morgan fingerprint density at radius 2 is 2.14 bits per heavy atom. The molecular formula is C18H33N3. The number of rotatable bonds is 7. The maximum Gasteiger partial charge on any atom is 0.0492 e. The zero-order chi connectivity index (χ0) is 15.2. The van der Waals surface area contributed by atoms with Gasteiger partial charge in [0.25, 0.3) is 0 Å². The smallest absolute Gasteiger partial charge is 0.0492 e. The van der Waals surface area contributed by atoms with E-state index in [0.717, 1.165) is 17.8 Å². The van der Waals surface area contributed by atoms with Crippen molar-refractivity contribution in [2.75, 3.05) is 6.54 Å². The van der Waals surface area contributed by atoms with Crippen LogP contribution in [0, 0.1) is 17.8 Å². The van der Waals surface area contributed by atoms with Gasteiger partial charge < -0.3 is 5.32 Å². The summed E-state index contributed by atoms with van der Waals surface area (Å²) in [5, 5.41) is 7.96. The van der Waals surface area contributed by atoms with E-state index in [4.69, 9.17) is 0 Å². The second kappa shape index (κ2) is 7.98. The fraction of sp³-hybridized carbons (Fsp3) is 0.833. The summed E-state index contributed by atoms with van der Waals surface area (Å²) in [5.74, 6) is 2.70. The molecule has 3 heteroatoms. The standard InChI is InChI=1S/C18H33N3/c1-5-15-6-7-17(13-19-14(2)3)16(12-15)8-9-18-10-11-20-21(18)4/h10-11,14-17,19H,5-9,12-13H2,1-4H3. The summed E-state index contributed by atoms with van der Waals surface area (Å²) < 4.78 is 2.03. The quantitative estimate of drug-likeness (QED) is 0.828. The summed E-state index contributed by atoms with van der Waals surface area (Å²) in [7, 11) is 2.06. The van der Waals surface area contributed by atoms with Gasteiger partial charge in [-0.3, -0.25) is 4.68 Å². The van der Waals surface area contributed by atoms with Crippen molar-refractivity contribution >= 4 is 0 Å². The lowest BCUT2D eigenvalue weighted by Gasteiger charge is -2.36. The van der Waals surface area contributed by atoms with Crippen LogP contribution in [0.3, 0.4) is 0 Å². The van der Waals surface area contributed by atoms with Crippen molar-refractivity contribution in [2.24, 2.45) is 24.8 Å². The van der Waals surface area contributed by atoms with Gasteiger partial charge in [0.15, 0.2) is 0 Å². The Balaban J connectivity index is 1.91. The van der Waals surface area contributed by atoms with Crippen LogP contribution in [0.15, 0.2) is 12.3 Å². The average Bonchev–Trinajstić information content (AvgIpc) is 2.88. The summed E-state index contributed by atoms with van der Waals surface area (Å²) in [5.41, 5.74) is 1.38. The molecule has 120 valence electrons. The third-order valence-corrected chi connectivity index (χ3v) is 5.31. The molecular weight excluding hydrogens is 258 g/mol. The Hall–Kier alpha value is -0.830. The number of nitrogens with one attached hydrogen (secondary N) is 1. The highest BCUT2D eigenvalue weighted by molar-refractivity contribution is 5.00. The summed E-state index contributed by atoms with van der Waals surface area (Å²) in [6.07, 6.45) is 10.0. The molecule has 1 aromatic rings. The number of aryl methyl sites for hydroxylation is 2. The van der Waals surface area contributed by atoms with E-state index in [1.54, 1.807) is 0 Å². The van der Waals surface area contributed by atoms with Crippen molar-refractivity contribution in [3.05, 3.63) is 18.0 Å². The highest BCUT2D eigenvalue weighted by atomic mass is 15.2. The van der Waals surface area contributed by atoms with Gasteiger partial charge in [-0.25, -0.2) is 0 Å². The lowest BCUT2D eigenvalue weighted by Crippen LogP contribution is -2.36. The molecule has 0 aromatic carbocycles. The van der Waals surface area contributed by atoms with Crippen molar-refractivity contribution in [1.29, 1.82) is 0 Å². The molecule has 0 radical (unpaired) electrons. The number of hydrogen-bond acceptors (Lipinski definition) is 2. The van der Waals surface area contributed by atoms with E-state index in [0.29, 0.717) is 6.04 Å². The van der Waals surface area contributed by atoms with E-state index in [9.17, 15) is 0 Å². The number of hydrogen-bond donors (Lipinski definition) is 1. The molecule has 0 amide bonds. The Labute approximate surface area is 130 Å². The summed E-state index contributed by atoms with van der Waals surface area (Å²) >= 11 is 0. The van der Waals surface area contributed by atoms with Crippen LogP contribution >= 0.6 is 0 Å². The van der Waals surface area contributed by atoms with Crippen molar-refractivity contribution in [3.8, 4) is 0 Å². The third kappa shape index (κ3) is 4.84. The second-order valence-corrected chi connectivity index (χ2v) is 7.16. The number of aromatic nitrogens is 2. The first-order valence-electron chi connectivity index (χ1n) is 8.80. The van der Waals surface area contributed by atoms with Crippen molar-refractivity contribution < 1.29 is 0 Å². The first-order chi connectivity index (χ1) is 10.1. The SMILES string of the molecule is CCC1CCC(CNC(C)C)C(CCc2ccnn2C)C1. The largest absolute Gasteiger partial charge is 0.314 e. The van der Waals surface area contributed by atoms with E-state index in [1.165, 1.54) is 50.8 Å². The lowest BCUT2D eigenvalue weighted by molar-refractivity contribution is 0.160. The van der Waals surface area contributed by atoms with Crippen LogP contribution in [-0.4, -0.2) is 22.4 Å². The molecule has 2 rings (SSSR count). The van der Waals surface area contributed by atoms with Gasteiger partial charge in [-0.1, -0.05) is 33.6 Å². The summed E-state index contributed by atoms with van der Waals surface area (Å²) in [4.78, 5) is 0. The minimum absolute atomic E-state index is 0.603. The highest BCUT2D eigenvalue weighted by Gasteiger charge is 2.29. The van der Waals surface area contributed by atoms with Crippen molar-refractivity contribution in [1.82, 2.24) is 15.1 Å². The van der Waals surface area contributed by atoms with E-state index >= 15 is 0 Å². The van der Waals surface area contributed by atoms with Crippen LogP contribution in [0.4, 0.5) is 0 Å². The molecule has 1 aliphatic rings. The van der Waals surface area contributed by atoms with Gasteiger partial charge in [0.05, 0.1) is 0 Å². The Morgan fingerprint density at radius 1 is 1.33 bits per heavy atom. The predicted molar refractivity (Wildman–Crippen MR) is 89.3 cm³/mol. The van der Waals surface area contributed by atoms with Crippen LogP contribution < -0.4 is 5.32 Å². The zero-order valence-corrected chi connectivity index (χ0v) is 14.3. The summed E-state index contributed by atoms with van der Waals surface area (Å²) in [6, 6.07) is 2.77. The van der Waals surface area contributed by atoms with Gasteiger partial charge in [0, 0.05) is 25.0 Å². The third-order valence-electron chi connectivity index (χ3n) is 5.31. The van der Waals surface area contributed by atoms with Crippen LogP contribution in [0.25, 0.3) is 0 Å². The van der Waals surface area contributed by atoms with Crippen molar-refractivity contribution in [3.63, 3.8) is 0 Å². The molecule has 0 bridgehead atoms. The Morgan fingerprint density at radius 3 is 2.76 bits per heavy atom. The molecule has 3 nitrogen and oxygen atoms in total. The molecule has 21 heavy (non-hydrogen) atoms. The molecule has 3 unspecified atom stereocenters. The molecule has 1 saturated carbocycles. The molecule has 0 saturated heterocycles. The monoisotopic (exact) mass is 291 g/mol. The lowest BCUT2D eigenvalue weighted by atomic mass is 9.71. The van der Waals surface area contributed by atoms with E-state index in [1.807, 2.05) is 10.9 Å². The first-order valence-corrected chi connectivity index (χ1v) is 8.80. The Bertz CT molecular complexity index is 410. The molecule has 3 atom stereocenters. The van der Waals surface area contributed by atoms with E-state index in [2.05, 4.69) is 44.3 Å². The topological polar surface area (TPSA) is 29.9 Å². The van der Waals surface area contributed by atoms with Gasteiger partial charge >= 0.3 is 0 Å². The van der Waals surface area contributed by atoms with Crippen molar-refractivity contribution in [2.45, 2.75) is 65.3 Å². The second-order valence-electron chi connectivity index (χ2n) is 7.16. The molecule has 1 N–H and O–H groups in total. The molecule has 1 aromatic heterocycles. The maximum atomic E-state index is 4.29. The van der Waals surface area contributed by atoms with E-state index in [-0.39, 0.29) is 0 Å². The molecule has 1 heterocycles. The Kier molecular flexibility index (Phi) is 6.28. The zero-order valence-electron chi connectivity index (χ0n) is 14.3. The van der Waals surface area contributed by atoms with Gasteiger partial charge in [0.1, 0.15) is 0 Å². The maximum absolute atomic E-state index is 4.29. The van der Waals surface area contributed by atoms with Crippen LogP contribution in [0.1, 0.15) is 58.6 Å². The van der Waals surface area contributed by atoms with Gasteiger partial charge in [-0.15, -0.1) is 0 Å². The average molecular weight is 291 g/mol. The van der Waals surface area contributed by atoms with Gasteiger partial charge in [-0.2, -0.15) is 5.10 Å². The molecule has 1 aliphatic carbocycles. The predicted octanol–water partition coefficient (Wildman–Crippen LogP) is 3.79. The molecule has 0 spiro atoms. The van der Waals surface area contributed by atoms with E-state index < -0.39 is 0 Å². The first kappa shape index (κ1) is 16.5. The van der Waals surface area contributed by atoms with Crippen LogP contribution in [-0.2, 0) is 13.5 Å².